The molecule has 1 atom stereocenters. The molecule has 0 bridgehead atoms. The number of carbonyl (C=O) groups excluding carboxylic acids is 1. The van der Waals surface area contributed by atoms with Crippen molar-refractivity contribution in [2.45, 2.75) is 13.5 Å². The van der Waals surface area contributed by atoms with E-state index >= 15 is 0 Å². The van der Waals surface area contributed by atoms with Crippen molar-refractivity contribution in [1.82, 2.24) is 24.6 Å². The van der Waals surface area contributed by atoms with Crippen LogP contribution in [0.1, 0.15) is 12.6 Å². The molecule has 12 heteroatoms. The third-order valence-corrected chi connectivity index (χ3v) is 6.49. The normalized spacial score (nSPS) is 11.7. The quantitative estimate of drug-likeness (QED) is 0.207. The molecule has 1 unspecified atom stereocenters. The standard InChI is InChI=1S/C27H25N7O4S/c1-2-38-24(35)18-34(39(36)37)22-14-20(15-28-17-22)26-31-27(30-16-21-10-6-7-12-29-21)25-23(11-13-33(25)32-26)19-8-4-3-5-9-19/h3-15,17H,2,16,18H2,1H3,(H,36,37)(H,30,31,32)/p-1. The minimum absolute atomic E-state index is 0.139. The third-order valence-electron chi connectivity index (χ3n) is 5.79. The summed E-state index contributed by atoms with van der Waals surface area (Å²) in [6.45, 7) is 1.73. The maximum absolute atomic E-state index is 12.0. The Morgan fingerprint density at radius 3 is 2.67 bits per heavy atom. The fraction of sp³-hybridized carbons (Fsp3) is 0.148. The number of aromatic nitrogens is 5. The van der Waals surface area contributed by atoms with E-state index in [9.17, 15) is 13.6 Å². The molecule has 5 aromatic rings. The summed E-state index contributed by atoms with van der Waals surface area (Å²) < 4.78 is 31.3. The number of rotatable bonds is 10. The van der Waals surface area contributed by atoms with Crippen LogP contribution in [-0.4, -0.2) is 52.4 Å². The van der Waals surface area contributed by atoms with E-state index < -0.39 is 23.8 Å². The molecule has 4 heterocycles. The summed E-state index contributed by atoms with van der Waals surface area (Å²) in [4.78, 5) is 25.4. The van der Waals surface area contributed by atoms with E-state index in [1.54, 1.807) is 23.7 Å². The van der Waals surface area contributed by atoms with Crippen LogP contribution in [0.4, 0.5) is 11.5 Å². The van der Waals surface area contributed by atoms with Crippen LogP contribution in [0, 0.1) is 0 Å². The fourth-order valence-corrected chi connectivity index (χ4v) is 4.52. The Morgan fingerprint density at radius 1 is 1.10 bits per heavy atom. The molecule has 0 radical (unpaired) electrons. The van der Waals surface area contributed by atoms with Crippen LogP contribution in [0.2, 0.25) is 0 Å². The molecule has 0 aliphatic rings. The lowest BCUT2D eigenvalue weighted by Gasteiger charge is -2.25. The fourth-order valence-electron chi connectivity index (χ4n) is 4.04. The van der Waals surface area contributed by atoms with E-state index in [2.05, 4.69) is 20.4 Å². The van der Waals surface area contributed by atoms with Crippen molar-refractivity contribution in [3.63, 3.8) is 0 Å². The Bertz CT molecular complexity index is 1610. The molecule has 0 saturated carbocycles. The van der Waals surface area contributed by atoms with Gasteiger partial charge < -0.3 is 14.6 Å². The summed E-state index contributed by atoms with van der Waals surface area (Å²) in [6.07, 6.45) is 6.45. The summed E-state index contributed by atoms with van der Waals surface area (Å²) in [7, 11) is 0. The second kappa shape index (κ2) is 11.8. The van der Waals surface area contributed by atoms with Gasteiger partial charge in [-0.15, -0.1) is 5.10 Å². The van der Waals surface area contributed by atoms with Gasteiger partial charge in [-0.25, -0.2) is 9.50 Å². The Balaban J connectivity index is 1.57. The Morgan fingerprint density at radius 2 is 1.92 bits per heavy atom. The van der Waals surface area contributed by atoms with Gasteiger partial charge in [0.1, 0.15) is 12.1 Å². The number of ether oxygens (including phenoxy) is 1. The molecular weight excluding hydrogens is 518 g/mol. The summed E-state index contributed by atoms with van der Waals surface area (Å²) in [5.41, 5.74) is 4.20. The maximum Gasteiger partial charge on any atom is 0.326 e. The maximum atomic E-state index is 12.0. The highest BCUT2D eigenvalue weighted by Crippen LogP contribution is 2.31. The van der Waals surface area contributed by atoms with Crippen molar-refractivity contribution in [1.29, 1.82) is 0 Å². The number of hydrogen-bond donors (Lipinski definition) is 1. The number of hydrogen-bond acceptors (Lipinski definition) is 9. The molecule has 0 amide bonds. The van der Waals surface area contributed by atoms with Gasteiger partial charge in [-0.05, 0) is 36.8 Å². The number of nitrogens with one attached hydrogen (secondary N) is 1. The van der Waals surface area contributed by atoms with Gasteiger partial charge >= 0.3 is 5.97 Å². The molecule has 39 heavy (non-hydrogen) atoms. The van der Waals surface area contributed by atoms with Crippen molar-refractivity contribution in [2.75, 3.05) is 22.8 Å². The molecule has 0 aliphatic heterocycles. The number of nitrogens with zero attached hydrogens (tertiary/aromatic N) is 6. The summed E-state index contributed by atoms with van der Waals surface area (Å²) in [5, 5.41) is 8.07. The SMILES string of the molecule is CCOC(=O)CN(c1cncc(-c2nc(NCc3ccccn3)c3c(-c4ccccc4)ccn3n2)c1)S(=O)[O-]. The first-order chi connectivity index (χ1) is 19.0. The average Bonchev–Trinajstić information content (AvgIpc) is 3.40. The van der Waals surface area contributed by atoms with Crippen molar-refractivity contribution >= 4 is 34.3 Å². The highest BCUT2D eigenvalue weighted by atomic mass is 32.2. The highest BCUT2D eigenvalue weighted by molar-refractivity contribution is 7.80. The number of esters is 1. The zero-order valence-corrected chi connectivity index (χ0v) is 21.7. The lowest BCUT2D eigenvalue weighted by Crippen LogP contribution is -2.32. The molecule has 0 spiro atoms. The first kappa shape index (κ1) is 25.9. The van der Waals surface area contributed by atoms with Gasteiger partial charge in [-0.2, -0.15) is 0 Å². The van der Waals surface area contributed by atoms with Gasteiger partial charge in [0.2, 0.25) is 0 Å². The minimum Gasteiger partial charge on any atom is -0.755 e. The lowest BCUT2D eigenvalue weighted by atomic mass is 10.1. The number of fused-ring (bicyclic) bond motifs is 1. The molecule has 0 saturated heterocycles. The van der Waals surface area contributed by atoms with Gasteiger partial charge in [-0.3, -0.25) is 23.3 Å². The first-order valence-electron chi connectivity index (χ1n) is 12.1. The predicted molar refractivity (Wildman–Crippen MR) is 146 cm³/mol. The van der Waals surface area contributed by atoms with Crippen LogP contribution < -0.4 is 9.62 Å². The van der Waals surface area contributed by atoms with Gasteiger partial charge in [0.15, 0.2) is 11.6 Å². The number of benzene rings is 1. The monoisotopic (exact) mass is 542 g/mol. The third kappa shape index (κ3) is 5.92. The highest BCUT2D eigenvalue weighted by Gasteiger charge is 2.18. The zero-order valence-electron chi connectivity index (χ0n) is 20.9. The van der Waals surface area contributed by atoms with Gasteiger partial charge in [0, 0.05) is 41.0 Å². The topological polar surface area (TPSA) is 138 Å². The smallest absolute Gasteiger partial charge is 0.326 e. The van der Waals surface area contributed by atoms with Crippen molar-refractivity contribution in [3.8, 4) is 22.5 Å². The molecule has 5 rings (SSSR count). The van der Waals surface area contributed by atoms with Crippen LogP contribution in [0.3, 0.4) is 0 Å². The van der Waals surface area contributed by atoms with Gasteiger partial charge in [0.05, 0.1) is 30.7 Å². The van der Waals surface area contributed by atoms with Crippen LogP contribution in [-0.2, 0) is 27.3 Å². The molecule has 198 valence electrons. The van der Waals surface area contributed by atoms with Crippen molar-refractivity contribution in [2.24, 2.45) is 0 Å². The number of carbonyl (C=O) groups is 1. The largest absolute Gasteiger partial charge is 0.755 e. The summed E-state index contributed by atoms with van der Waals surface area (Å²) in [6, 6.07) is 19.1. The average molecular weight is 543 g/mol. The van der Waals surface area contributed by atoms with Crippen LogP contribution >= 0.6 is 0 Å². The minimum atomic E-state index is -2.73. The second-order valence-electron chi connectivity index (χ2n) is 8.34. The second-order valence-corrected chi connectivity index (χ2v) is 9.21. The van der Waals surface area contributed by atoms with Crippen LogP contribution in [0.25, 0.3) is 28.0 Å². The summed E-state index contributed by atoms with van der Waals surface area (Å²) >= 11 is -2.73. The van der Waals surface area contributed by atoms with E-state index in [1.807, 2.05) is 60.8 Å². The van der Waals surface area contributed by atoms with Crippen LogP contribution in [0.5, 0.6) is 0 Å². The molecule has 11 nitrogen and oxygen atoms in total. The number of pyridine rings is 2. The first-order valence-corrected chi connectivity index (χ1v) is 13.1. The van der Waals surface area contributed by atoms with E-state index in [0.29, 0.717) is 23.8 Å². The van der Waals surface area contributed by atoms with Crippen LogP contribution in [0.15, 0.2) is 85.5 Å². The van der Waals surface area contributed by atoms with Crippen molar-refractivity contribution < 1.29 is 18.3 Å². The molecule has 1 N–H and O–H groups in total. The molecular formula is C27H24N7O4S-. The predicted octanol–water partition coefficient (Wildman–Crippen LogP) is 3.63. The molecule has 0 fully saturated rings. The van der Waals surface area contributed by atoms with Gasteiger partial charge in [-0.1, -0.05) is 36.4 Å². The van der Waals surface area contributed by atoms with E-state index in [0.717, 1.165) is 26.6 Å². The Kier molecular flexibility index (Phi) is 7.85. The van der Waals surface area contributed by atoms with E-state index in [1.165, 1.54) is 12.4 Å². The van der Waals surface area contributed by atoms with E-state index in [4.69, 9.17) is 9.72 Å². The van der Waals surface area contributed by atoms with E-state index in [-0.39, 0.29) is 12.3 Å². The Labute approximate surface area is 226 Å². The molecule has 0 aliphatic carbocycles. The summed E-state index contributed by atoms with van der Waals surface area (Å²) in [5.74, 6) is 0.200. The van der Waals surface area contributed by atoms with Gasteiger partial charge in [0.25, 0.3) is 0 Å². The number of anilines is 2. The van der Waals surface area contributed by atoms with Crippen molar-refractivity contribution in [3.05, 3.63) is 91.1 Å². The Hall–Kier alpha value is -4.68. The zero-order chi connectivity index (χ0) is 27.2. The molecule has 1 aromatic carbocycles. The molecule has 4 aromatic heterocycles. The lowest BCUT2D eigenvalue weighted by molar-refractivity contribution is -0.141.